The Morgan fingerprint density at radius 2 is 1.95 bits per heavy atom. The van der Waals surface area contributed by atoms with E-state index in [4.69, 9.17) is 4.74 Å². The molecule has 1 rings (SSSR count). The number of nitrogens with one attached hydrogen (secondary N) is 1. The van der Waals surface area contributed by atoms with Crippen LogP contribution < -0.4 is 5.32 Å². The molecule has 0 radical (unpaired) electrons. The van der Waals surface area contributed by atoms with Gasteiger partial charge in [0.15, 0.2) is 0 Å². The van der Waals surface area contributed by atoms with Crippen LogP contribution in [0.3, 0.4) is 0 Å². The second-order valence-corrected chi connectivity index (χ2v) is 6.27. The molecule has 112 valence electrons. The summed E-state index contributed by atoms with van der Waals surface area (Å²) in [4.78, 5) is 14.6. The summed E-state index contributed by atoms with van der Waals surface area (Å²) in [6, 6.07) is -0.0212. The van der Waals surface area contributed by atoms with Gasteiger partial charge in [-0.1, -0.05) is 41.0 Å². The van der Waals surface area contributed by atoms with Crippen LogP contribution in [0, 0.1) is 17.8 Å². The van der Waals surface area contributed by atoms with Gasteiger partial charge in [-0.3, -0.25) is 10.1 Å². The zero-order chi connectivity index (χ0) is 14.6. The predicted molar refractivity (Wildman–Crippen MR) is 77.8 cm³/mol. The van der Waals surface area contributed by atoms with Crippen LogP contribution in [-0.2, 0) is 9.53 Å². The summed E-state index contributed by atoms with van der Waals surface area (Å²) in [6.07, 6.45) is 1.18. The van der Waals surface area contributed by atoms with E-state index in [2.05, 4.69) is 39.9 Å². The number of ether oxygens (including phenoxy) is 1. The van der Waals surface area contributed by atoms with E-state index in [1.807, 2.05) is 4.90 Å². The minimum atomic E-state index is -0.0212. The third-order valence-electron chi connectivity index (χ3n) is 4.04. The topological polar surface area (TPSA) is 41.6 Å². The fourth-order valence-corrected chi connectivity index (χ4v) is 2.73. The first-order valence-corrected chi connectivity index (χ1v) is 7.47. The molecule has 0 aromatic rings. The van der Waals surface area contributed by atoms with E-state index in [0.717, 1.165) is 13.0 Å². The molecule has 4 unspecified atom stereocenters. The molecule has 19 heavy (non-hydrogen) atoms. The highest BCUT2D eigenvalue weighted by Crippen LogP contribution is 2.24. The lowest BCUT2D eigenvalue weighted by Gasteiger charge is -2.29. The van der Waals surface area contributed by atoms with Gasteiger partial charge in [0.2, 0.25) is 5.91 Å². The van der Waals surface area contributed by atoms with Crippen molar-refractivity contribution in [1.29, 1.82) is 0 Å². The average molecular weight is 270 g/mol. The van der Waals surface area contributed by atoms with Crippen LogP contribution in [0.4, 0.5) is 0 Å². The van der Waals surface area contributed by atoms with Crippen molar-refractivity contribution in [2.75, 3.05) is 20.3 Å². The number of hydrogen-bond acceptors (Lipinski definition) is 3. The SMILES string of the molecule is CCC(C)C1NC(C(C)C)N(CC(C)COC)C1=O. The highest BCUT2D eigenvalue weighted by atomic mass is 16.5. The van der Waals surface area contributed by atoms with Crippen molar-refractivity contribution in [1.82, 2.24) is 10.2 Å². The van der Waals surface area contributed by atoms with Gasteiger partial charge < -0.3 is 9.64 Å². The van der Waals surface area contributed by atoms with E-state index in [9.17, 15) is 4.79 Å². The molecule has 1 amide bonds. The third kappa shape index (κ3) is 3.93. The quantitative estimate of drug-likeness (QED) is 0.770. The Morgan fingerprint density at radius 3 is 2.42 bits per heavy atom. The van der Waals surface area contributed by atoms with Gasteiger partial charge >= 0.3 is 0 Å². The van der Waals surface area contributed by atoms with Gasteiger partial charge in [-0.05, 0) is 17.8 Å². The lowest BCUT2D eigenvalue weighted by molar-refractivity contribution is -0.132. The molecule has 4 heteroatoms. The van der Waals surface area contributed by atoms with E-state index >= 15 is 0 Å². The summed E-state index contributed by atoms with van der Waals surface area (Å²) in [5.74, 6) is 1.44. The van der Waals surface area contributed by atoms with Gasteiger partial charge in [0.1, 0.15) is 0 Å². The van der Waals surface area contributed by atoms with E-state index in [1.54, 1.807) is 7.11 Å². The molecule has 1 aliphatic rings. The lowest BCUT2D eigenvalue weighted by atomic mass is 9.99. The summed E-state index contributed by atoms with van der Waals surface area (Å²) < 4.78 is 5.18. The first-order valence-electron chi connectivity index (χ1n) is 7.47. The third-order valence-corrected chi connectivity index (χ3v) is 4.04. The van der Waals surface area contributed by atoms with Crippen molar-refractivity contribution >= 4 is 5.91 Å². The first-order chi connectivity index (χ1) is 8.92. The average Bonchev–Trinajstić information content (AvgIpc) is 2.67. The van der Waals surface area contributed by atoms with Crippen molar-refractivity contribution in [3.05, 3.63) is 0 Å². The number of methoxy groups -OCH3 is 1. The fourth-order valence-electron chi connectivity index (χ4n) is 2.73. The highest BCUT2D eigenvalue weighted by molar-refractivity contribution is 5.84. The summed E-state index contributed by atoms with van der Waals surface area (Å²) in [5.41, 5.74) is 0. The Bertz CT molecular complexity index is 294. The Labute approximate surface area is 117 Å². The molecular formula is C15H30N2O2. The zero-order valence-corrected chi connectivity index (χ0v) is 13.3. The molecule has 0 saturated carbocycles. The Balaban J connectivity index is 2.77. The van der Waals surface area contributed by atoms with E-state index in [-0.39, 0.29) is 18.1 Å². The van der Waals surface area contributed by atoms with Gasteiger partial charge in [-0.25, -0.2) is 0 Å². The molecule has 1 saturated heterocycles. The monoisotopic (exact) mass is 270 g/mol. The number of hydrogen-bond donors (Lipinski definition) is 1. The van der Waals surface area contributed by atoms with Crippen molar-refractivity contribution in [2.45, 2.75) is 53.2 Å². The highest BCUT2D eigenvalue weighted by Gasteiger charge is 2.42. The first kappa shape index (κ1) is 16.4. The van der Waals surface area contributed by atoms with Crippen LogP contribution in [0.15, 0.2) is 0 Å². The number of rotatable bonds is 7. The van der Waals surface area contributed by atoms with E-state index < -0.39 is 0 Å². The van der Waals surface area contributed by atoms with Crippen molar-refractivity contribution < 1.29 is 9.53 Å². The Hall–Kier alpha value is -0.610. The maximum atomic E-state index is 12.6. The molecule has 0 spiro atoms. The van der Waals surface area contributed by atoms with Gasteiger partial charge in [-0.2, -0.15) is 0 Å². The summed E-state index contributed by atoms with van der Waals surface area (Å²) >= 11 is 0. The second kappa shape index (κ2) is 7.25. The summed E-state index contributed by atoms with van der Waals surface area (Å²) in [7, 11) is 1.71. The molecule has 0 aromatic heterocycles. The van der Waals surface area contributed by atoms with Crippen LogP contribution in [0.25, 0.3) is 0 Å². The second-order valence-electron chi connectivity index (χ2n) is 6.27. The predicted octanol–water partition coefficient (Wildman–Crippen LogP) is 2.10. The summed E-state index contributed by atoms with van der Waals surface area (Å²) in [6.45, 7) is 12.2. The van der Waals surface area contributed by atoms with Crippen molar-refractivity contribution in [3.63, 3.8) is 0 Å². The number of amides is 1. The number of carbonyl (C=O) groups excluding carboxylic acids is 1. The Morgan fingerprint density at radius 1 is 1.32 bits per heavy atom. The molecule has 4 nitrogen and oxygen atoms in total. The smallest absolute Gasteiger partial charge is 0.241 e. The zero-order valence-electron chi connectivity index (χ0n) is 13.3. The largest absolute Gasteiger partial charge is 0.384 e. The molecule has 1 aliphatic heterocycles. The molecular weight excluding hydrogens is 240 g/mol. The van der Waals surface area contributed by atoms with Crippen molar-refractivity contribution in [3.8, 4) is 0 Å². The van der Waals surface area contributed by atoms with Crippen LogP contribution in [-0.4, -0.2) is 43.3 Å². The lowest BCUT2D eigenvalue weighted by Crippen LogP contribution is -2.44. The normalized spacial score (nSPS) is 27.1. The van der Waals surface area contributed by atoms with Crippen LogP contribution in [0.2, 0.25) is 0 Å². The molecule has 0 aliphatic carbocycles. The fraction of sp³-hybridized carbons (Fsp3) is 0.933. The standard InChI is InChI=1S/C15H30N2O2/c1-7-12(5)13-15(18)17(8-11(4)9-19-6)14(16-13)10(2)3/h10-14,16H,7-9H2,1-6H3. The molecule has 4 atom stereocenters. The van der Waals surface area contributed by atoms with E-state index in [1.165, 1.54) is 0 Å². The minimum absolute atomic E-state index is 0.0212. The van der Waals surface area contributed by atoms with Crippen LogP contribution >= 0.6 is 0 Å². The van der Waals surface area contributed by atoms with Crippen LogP contribution in [0.1, 0.15) is 41.0 Å². The summed E-state index contributed by atoms with van der Waals surface area (Å²) in [5, 5.41) is 3.52. The maximum Gasteiger partial charge on any atom is 0.241 e. The number of nitrogens with zero attached hydrogens (tertiary/aromatic N) is 1. The van der Waals surface area contributed by atoms with Gasteiger partial charge in [0, 0.05) is 13.7 Å². The number of carbonyl (C=O) groups is 1. The molecule has 1 heterocycles. The van der Waals surface area contributed by atoms with E-state index in [0.29, 0.717) is 24.4 Å². The van der Waals surface area contributed by atoms with Gasteiger partial charge in [0.05, 0.1) is 18.8 Å². The molecule has 0 bridgehead atoms. The molecule has 1 fully saturated rings. The molecule has 0 aromatic carbocycles. The maximum absolute atomic E-state index is 12.6. The minimum Gasteiger partial charge on any atom is -0.384 e. The van der Waals surface area contributed by atoms with Crippen molar-refractivity contribution in [2.24, 2.45) is 17.8 Å². The Kier molecular flexibility index (Phi) is 6.27. The van der Waals surface area contributed by atoms with Gasteiger partial charge in [-0.15, -0.1) is 0 Å². The van der Waals surface area contributed by atoms with Gasteiger partial charge in [0.25, 0.3) is 0 Å². The van der Waals surface area contributed by atoms with Crippen LogP contribution in [0.5, 0.6) is 0 Å². The molecule has 1 N–H and O–H groups in total.